The molecule has 4 bridgehead atoms. The summed E-state index contributed by atoms with van der Waals surface area (Å²) in [5, 5.41) is 36.4. The van der Waals surface area contributed by atoms with E-state index in [1.807, 2.05) is 82.5 Å². The van der Waals surface area contributed by atoms with Crippen molar-refractivity contribution in [1.29, 1.82) is 0 Å². The van der Waals surface area contributed by atoms with E-state index in [0.717, 1.165) is 79.2 Å². The number of carbonyl (C=O) groups is 4. The van der Waals surface area contributed by atoms with Gasteiger partial charge in [-0.2, -0.15) is 9.78 Å². The van der Waals surface area contributed by atoms with E-state index in [1.165, 1.54) is 11.8 Å². The van der Waals surface area contributed by atoms with Gasteiger partial charge in [0.25, 0.3) is 0 Å². The summed E-state index contributed by atoms with van der Waals surface area (Å²) in [5.41, 5.74) is 1.81. The van der Waals surface area contributed by atoms with Crippen molar-refractivity contribution >= 4 is 89.4 Å². The van der Waals surface area contributed by atoms with Gasteiger partial charge in [-0.05, 0) is 152 Å². The molecule has 4 aliphatic heterocycles. The zero-order chi connectivity index (χ0) is 56.7. The van der Waals surface area contributed by atoms with E-state index in [2.05, 4.69) is 46.5 Å². The van der Waals surface area contributed by atoms with Crippen molar-refractivity contribution in [3.63, 3.8) is 0 Å². The number of rotatable bonds is 10. The fourth-order valence-corrected chi connectivity index (χ4v) is 10.9. The van der Waals surface area contributed by atoms with Gasteiger partial charge < -0.3 is 56.5 Å². The van der Waals surface area contributed by atoms with Crippen LogP contribution in [0.5, 0.6) is 0 Å². The Morgan fingerprint density at radius 1 is 0.630 bits per heavy atom. The first-order valence-corrected chi connectivity index (χ1v) is 27.0. The number of aromatic amines is 1. The number of anilines is 6. The van der Waals surface area contributed by atoms with Crippen molar-refractivity contribution < 1.29 is 74.2 Å². The van der Waals surface area contributed by atoms with Crippen LogP contribution in [0.25, 0.3) is 21.8 Å². The third kappa shape index (κ3) is 15.0. The predicted octanol–water partition coefficient (Wildman–Crippen LogP) is 6.77. The fourth-order valence-electron chi connectivity index (χ4n) is 10.9. The summed E-state index contributed by atoms with van der Waals surface area (Å²) in [4.78, 5) is 73.4. The molecule has 4 aliphatic rings. The summed E-state index contributed by atoms with van der Waals surface area (Å²) >= 11 is 0. The average molecular weight is 1120 g/mol. The molecule has 0 spiro atoms. The van der Waals surface area contributed by atoms with E-state index in [0.29, 0.717) is 46.0 Å². The summed E-state index contributed by atoms with van der Waals surface area (Å²) in [6.45, 7) is 20.3. The second kappa shape index (κ2) is 24.8. The zero-order valence-electron chi connectivity index (χ0n) is 49.8. The van der Waals surface area contributed by atoms with Crippen LogP contribution >= 0.6 is 0 Å². The van der Waals surface area contributed by atoms with Gasteiger partial charge in [-0.15, -0.1) is 5.10 Å². The number of aliphatic hydroxyl groups is 1. The molecule has 6 N–H and O–H groups in total. The van der Waals surface area contributed by atoms with E-state index < -0.39 is 28.9 Å². The van der Waals surface area contributed by atoms with Crippen molar-refractivity contribution in [2.45, 2.75) is 187 Å². The number of esters is 1. The Morgan fingerprint density at radius 2 is 1.09 bits per heavy atom. The molecule has 6 aromatic heterocycles. The minimum atomic E-state index is -0.672. The van der Waals surface area contributed by atoms with Crippen LogP contribution in [0.3, 0.4) is 0 Å². The third-order valence-corrected chi connectivity index (χ3v) is 14.0. The molecular formula is C56H75BN14NaO9. The number of aliphatic hydroxyl groups excluding tert-OH is 1. The van der Waals surface area contributed by atoms with E-state index in [4.69, 9.17) is 28.9 Å². The van der Waals surface area contributed by atoms with E-state index in [-0.39, 0.29) is 100 Å². The molecule has 6 aromatic rings. The molecule has 10 rings (SSSR count). The molecule has 427 valence electrons. The molecule has 4 saturated heterocycles. The smallest absolute Gasteiger partial charge is 1.00 e. The summed E-state index contributed by atoms with van der Waals surface area (Å²) < 4.78 is 22.9. The van der Waals surface area contributed by atoms with Gasteiger partial charge in [-0.25, -0.2) is 34.1 Å². The number of nitrogens with one attached hydrogen (secondary N) is 5. The number of aryl methyl sites for hydroxylation is 2. The quantitative estimate of drug-likeness (QED) is 0.0469. The molecule has 6 atom stereocenters. The first-order valence-electron chi connectivity index (χ1n) is 27.0. The first kappa shape index (κ1) is 61.9. The molecule has 10 heterocycles. The number of amides is 2. The number of fused-ring (bicyclic) bond motifs is 6. The van der Waals surface area contributed by atoms with Crippen LogP contribution in [0.1, 0.15) is 143 Å². The number of carbonyl (C=O) groups excluding carboxylic acids is 4. The van der Waals surface area contributed by atoms with Gasteiger partial charge in [0.1, 0.15) is 45.8 Å². The molecule has 2 amide bonds. The Labute approximate surface area is 497 Å². The van der Waals surface area contributed by atoms with Crippen LogP contribution in [-0.4, -0.2) is 148 Å². The molecule has 4 fully saturated rings. The van der Waals surface area contributed by atoms with Crippen LogP contribution in [-0.2, 0) is 25.6 Å². The Hall–Kier alpha value is -6.76. The normalized spacial score (nSPS) is 20.3. The molecule has 23 nitrogen and oxygen atoms in total. The zero-order valence-corrected chi connectivity index (χ0v) is 50.8. The Balaban J connectivity index is 0.000000260. The topological polar surface area (TPSA) is 278 Å². The van der Waals surface area contributed by atoms with Crippen molar-refractivity contribution in [1.82, 2.24) is 49.7 Å². The van der Waals surface area contributed by atoms with Crippen molar-refractivity contribution in [3.05, 3.63) is 71.3 Å². The van der Waals surface area contributed by atoms with Crippen molar-refractivity contribution in [2.75, 3.05) is 28.4 Å². The van der Waals surface area contributed by atoms with Gasteiger partial charge in [0.2, 0.25) is 0 Å². The molecule has 0 saturated carbocycles. The molecule has 81 heavy (non-hydrogen) atoms. The predicted molar refractivity (Wildman–Crippen MR) is 305 cm³/mol. The summed E-state index contributed by atoms with van der Waals surface area (Å²) in [7, 11) is 1.31. The maximum Gasteiger partial charge on any atom is 1.00 e. The summed E-state index contributed by atoms with van der Waals surface area (Å²) in [6, 6.07) is 15.0. The number of methoxy groups -OCH3 is 1. The fraction of sp³-hybridized carbons (Fsp3) is 0.536. The second-order valence-electron chi connectivity index (χ2n) is 23.9. The van der Waals surface area contributed by atoms with Crippen molar-refractivity contribution in [3.8, 4) is 0 Å². The van der Waals surface area contributed by atoms with Crippen molar-refractivity contribution in [2.24, 2.45) is 0 Å². The number of aromatic nitrogens is 8. The molecule has 2 unspecified atom stereocenters. The molecule has 25 heteroatoms. The van der Waals surface area contributed by atoms with Crippen LogP contribution in [0.4, 0.5) is 49.3 Å². The number of hydrogen-bond donors (Lipinski definition) is 6. The largest absolute Gasteiger partial charge is 1.00 e. The number of nitrogens with zero attached hydrogens (tertiary/aromatic N) is 9. The number of pyridine rings is 4. The first-order chi connectivity index (χ1) is 37.3. The maximum absolute atomic E-state index is 13.0. The Kier molecular flexibility index (Phi) is 18.9. The standard InChI is InChI=1S/C31H41N7O6.C25H33N7O3.B.Na.H/c1-17-13-25(36-38(17)29(41)44-31(5,6)7)34-24-16-23-21(11-12-22(33-23)27(39)42-8)26(35-24)32-18-14-19-9-10-20(15-18)37(19)28(40)43-30(2,3)4;1-14-9-22(31-30-14)28-21-12-20-19(8-5-15(13-33)26-20)23(29-21)27-16-10-17-6-7-18(11-16)32(17)24(34)35-25(2,3)4;;;/h11-13,16,18-20H,9-10,14-15H2,1-8H3,(H2,32,34,35,36);5,8-9,12,16-18,33H,6-7,10-11,13H2,1-4H3,(H3,27,28,29,30,31);;;/q;;;+1;-1/t18?,19-,20+;16?,17-,18+;;;. The average Bonchev–Trinajstić information content (AvgIpc) is 4.09. The van der Waals surface area contributed by atoms with Crippen LogP contribution < -0.4 is 50.8 Å². The van der Waals surface area contributed by atoms with Crippen LogP contribution in [0.15, 0.2) is 48.5 Å². The Morgan fingerprint density at radius 3 is 1.53 bits per heavy atom. The molecule has 0 aliphatic carbocycles. The van der Waals surface area contributed by atoms with Gasteiger partial charge >= 0.3 is 53.8 Å². The third-order valence-electron chi connectivity index (χ3n) is 14.0. The number of ether oxygens (including phenoxy) is 4. The summed E-state index contributed by atoms with van der Waals surface area (Å²) in [5.74, 6) is 2.84. The van der Waals surface area contributed by atoms with Gasteiger partial charge in [-0.1, -0.05) is 0 Å². The van der Waals surface area contributed by atoms with Crippen LogP contribution in [0, 0.1) is 13.8 Å². The number of piperidine rings is 2. The van der Waals surface area contributed by atoms with E-state index in [9.17, 15) is 24.3 Å². The van der Waals surface area contributed by atoms with E-state index >= 15 is 0 Å². The molecule has 3 radical (unpaired) electrons. The van der Waals surface area contributed by atoms with Crippen LogP contribution in [0.2, 0.25) is 0 Å². The van der Waals surface area contributed by atoms with Gasteiger partial charge in [0.15, 0.2) is 11.6 Å². The number of H-pyrrole nitrogens is 1. The molecular weight excluding hydrogens is 1050 g/mol. The second-order valence-corrected chi connectivity index (χ2v) is 23.9. The Bertz CT molecular complexity index is 3240. The van der Waals surface area contributed by atoms with Gasteiger partial charge in [0.05, 0.1) is 30.4 Å². The minimum Gasteiger partial charge on any atom is -1.00 e. The minimum absolute atomic E-state index is 0. The van der Waals surface area contributed by atoms with E-state index in [1.54, 1.807) is 52.0 Å². The number of hydrogen-bond acceptors (Lipinski definition) is 19. The monoisotopic (exact) mass is 1120 g/mol. The van der Waals surface area contributed by atoms with Gasteiger partial charge in [-0.3, -0.25) is 10.1 Å². The summed E-state index contributed by atoms with van der Waals surface area (Å²) in [6.07, 6.45) is 5.88. The van der Waals surface area contributed by atoms with Gasteiger partial charge in [0, 0.05) is 91.1 Å². The molecule has 0 aromatic carbocycles. The maximum atomic E-state index is 13.0. The SMILES string of the molecule is COC(=O)c1ccc2c(NC3C[C@H]4CC[C@@H](C3)N4C(=O)OC(C)(C)C)nc(Nc3cc(C)n(C(=O)OC(C)(C)C)n3)cc2n1.Cc1cc(Nc2cc3nc(CO)ccc3c(NC3C[C@H]4CC[C@@H](C3)N4C(=O)OC(C)(C)C)n2)n[nH]1.[B].[H-].[Na+].